The fourth-order valence-electron chi connectivity index (χ4n) is 2.52. The monoisotopic (exact) mass is 345 g/mol. The van der Waals surface area contributed by atoms with E-state index in [1.165, 1.54) is 10.9 Å². The minimum Gasteiger partial charge on any atom is -0.336 e. The normalized spacial score (nSPS) is 11.3. The highest BCUT2D eigenvalue weighted by Gasteiger charge is 2.20. The first-order valence-corrected chi connectivity index (χ1v) is 7.21. The van der Waals surface area contributed by atoms with Crippen LogP contribution in [0.1, 0.15) is 0 Å². The molecule has 7 nitrogen and oxygen atoms in total. The van der Waals surface area contributed by atoms with Gasteiger partial charge in [-0.3, -0.25) is 4.68 Å². The van der Waals surface area contributed by atoms with Gasteiger partial charge in [-0.05, 0) is 18.2 Å². The van der Waals surface area contributed by atoms with Crippen LogP contribution in [-0.4, -0.2) is 30.0 Å². The van der Waals surface area contributed by atoms with Crippen molar-refractivity contribution in [3.8, 4) is 17.0 Å². The lowest BCUT2D eigenvalue weighted by molar-refractivity contribution is -0.139. The van der Waals surface area contributed by atoms with E-state index in [0.717, 1.165) is 0 Å². The third-order valence-corrected chi connectivity index (χ3v) is 3.76. The summed E-state index contributed by atoms with van der Waals surface area (Å²) in [7, 11) is 1.67. The number of fused-ring (bicyclic) bond motifs is 2. The van der Waals surface area contributed by atoms with E-state index < -0.39 is 5.82 Å². The number of halogens is 2. The molecule has 0 aliphatic heterocycles. The van der Waals surface area contributed by atoms with Crippen molar-refractivity contribution in [2.45, 2.75) is 0 Å². The first-order valence-electron chi connectivity index (χ1n) is 6.84. The predicted octanol–water partition coefficient (Wildman–Crippen LogP) is 3.22. The lowest BCUT2D eigenvalue weighted by atomic mass is 10.1. The number of aryl methyl sites for hydroxylation is 1. The standard InChI is InChI=1S/C15H9ClFN5O2/c1-22-6-7-4-8(14(24-23)12(17)13(7)21-22)10-5-18-15-9(19-10)2-3-11(16)20-15/h2-6,23H,1H3. The summed E-state index contributed by atoms with van der Waals surface area (Å²) in [6, 6.07) is 4.85. The van der Waals surface area contributed by atoms with Crippen LogP contribution in [0, 0.1) is 5.82 Å². The van der Waals surface area contributed by atoms with Crippen molar-refractivity contribution in [1.82, 2.24) is 24.7 Å². The quantitative estimate of drug-likeness (QED) is 0.341. The molecule has 1 N–H and O–H groups in total. The summed E-state index contributed by atoms with van der Waals surface area (Å²) in [6.45, 7) is 0. The average molecular weight is 346 g/mol. The van der Waals surface area contributed by atoms with Crippen molar-refractivity contribution in [2.75, 3.05) is 0 Å². The molecule has 120 valence electrons. The maximum Gasteiger partial charge on any atom is 0.212 e. The van der Waals surface area contributed by atoms with Crippen LogP contribution < -0.4 is 4.89 Å². The Kier molecular flexibility index (Phi) is 3.29. The van der Waals surface area contributed by atoms with Crippen molar-refractivity contribution >= 4 is 33.7 Å². The Morgan fingerprint density at radius 1 is 1.29 bits per heavy atom. The Hall–Kier alpha value is -2.84. The SMILES string of the molecule is Cn1cc2cc(-c3cnc4nc(Cl)ccc4n3)c(OO)c(F)c2n1. The summed E-state index contributed by atoms with van der Waals surface area (Å²) in [4.78, 5) is 16.8. The molecule has 24 heavy (non-hydrogen) atoms. The molecule has 0 unspecified atom stereocenters. The zero-order valence-corrected chi connectivity index (χ0v) is 13.0. The Labute approximate surface area is 139 Å². The molecule has 3 aromatic heterocycles. The maximum atomic E-state index is 14.6. The number of hydrogen-bond acceptors (Lipinski definition) is 6. The van der Waals surface area contributed by atoms with E-state index in [1.807, 2.05) is 0 Å². The molecular formula is C15H9ClFN5O2. The van der Waals surface area contributed by atoms with Crippen molar-refractivity contribution in [3.63, 3.8) is 0 Å². The van der Waals surface area contributed by atoms with Gasteiger partial charge >= 0.3 is 0 Å². The molecule has 0 amide bonds. The van der Waals surface area contributed by atoms with Gasteiger partial charge in [-0.15, -0.1) is 0 Å². The van der Waals surface area contributed by atoms with E-state index in [-0.39, 0.29) is 16.8 Å². The molecule has 0 aliphatic rings. The summed E-state index contributed by atoms with van der Waals surface area (Å²) in [5.74, 6) is -1.14. The molecule has 0 aliphatic carbocycles. The lowest BCUT2D eigenvalue weighted by Gasteiger charge is -2.08. The topological polar surface area (TPSA) is 86.0 Å². The van der Waals surface area contributed by atoms with Crippen molar-refractivity contribution in [1.29, 1.82) is 0 Å². The third kappa shape index (κ3) is 2.24. The van der Waals surface area contributed by atoms with E-state index in [4.69, 9.17) is 16.9 Å². The van der Waals surface area contributed by atoms with Crippen LogP contribution in [-0.2, 0) is 7.05 Å². The minimum atomic E-state index is -0.776. The van der Waals surface area contributed by atoms with Crippen LogP contribution >= 0.6 is 11.6 Å². The lowest BCUT2D eigenvalue weighted by Crippen LogP contribution is -1.97. The van der Waals surface area contributed by atoms with Crippen LogP contribution in [0.3, 0.4) is 0 Å². The van der Waals surface area contributed by atoms with Gasteiger partial charge in [0.05, 0.1) is 17.5 Å². The van der Waals surface area contributed by atoms with E-state index in [0.29, 0.717) is 27.4 Å². The van der Waals surface area contributed by atoms with Gasteiger partial charge < -0.3 is 4.89 Å². The number of benzene rings is 1. The molecule has 0 spiro atoms. The Bertz CT molecular complexity index is 1100. The van der Waals surface area contributed by atoms with Gasteiger partial charge in [-0.25, -0.2) is 24.6 Å². The van der Waals surface area contributed by atoms with E-state index in [2.05, 4.69) is 24.9 Å². The minimum absolute atomic E-state index is 0.0903. The second kappa shape index (κ2) is 5.36. The summed E-state index contributed by atoms with van der Waals surface area (Å²) >= 11 is 5.82. The number of hydrogen-bond donors (Lipinski definition) is 1. The zero-order valence-electron chi connectivity index (χ0n) is 12.2. The summed E-state index contributed by atoms with van der Waals surface area (Å²) < 4.78 is 16.0. The largest absolute Gasteiger partial charge is 0.336 e. The highest BCUT2D eigenvalue weighted by Crippen LogP contribution is 2.36. The third-order valence-electron chi connectivity index (χ3n) is 3.55. The fraction of sp³-hybridized carbons (Fsp3) is 0.0667. The van der Waals surface area contributed by atoms with Gasteiger partial charge in [0.1, 0.15) is 16.2 Å². The van der Waals surface area contributed by atoms with Crippen LogP contribution in [0.2, 0.25) is 5.15 Å². The molecule has 4 aromatic rings. The predicted molar refractivity (Wildman–Crippen MR) is 85.3 cm³/mol. The number of nitrogens with zero attached hydrogens (tertiary/aromatic N) is 5. The second-order valence-electron chi connectivity index (χ2n) is 5.13. The number of rotatable bonds is 2. The molecule has 3 heterocycles. The van der Waals surface area contributed by atoms with Crippen LogP contribution in [0.4, 0.5) is 4.39 Å². The maximum absolute atomic E-state index is 14.6. The smallest absolute Gasteiger partial charge is 0.212 e. The summed E-state index contributed by atoms with van der Waals surface area (Å²) in [5, 5.41) is 14.0. The molecule has 0 fully saturated rings. The highest BCUT2D eigenvalue weighted by molar-refractivity contribution is 6.29. The highest BCUT2D eigenvalue weighted by atomic mass is 35.5. The first kappa shape index (κ1) is 14.7. The summed E-state index contributed by atoms with van der Waals surface area (Å²) in [5.41, 5.74) is 1.50. The molecule has 4 rings (SSSR count). The Balaban J connectivity index is 1.99. The van der Waals surface area contributed by atoms with Gasteiger partial charge in [0.2, 0.25) is 5.75 Å². The van der Waals surface area contributed by atoms with Gasteiger partial charge in [0, 0.05) is 18.6 Å². The average Bonchev–Trinajstić information content (AvgIpc) is 2.95. The van der Waals surface area contributed by atoms with Crippen LogP contribution in [0.15, 0.2) is 30.6 Å². The Morgan fingerprint density at radius 3 is 2.92 bits per heavy atom. The molecule has 0 saturated heterocycles. The van der Waals surface area contributed by atoms with Gasteiger partial charge in [-0.1, -0.05) is 11.6 Å². The molecule has 0 radical (unpaired) electrons. The molecule has 0 atom stereocenters. The number of aromatic nitrogens is 5. The molecular weight excluding hydrogens is 337 g/mol. The van der Waals surface area contributed by atoms with E-state index >= 15 is 0 Å². The van der Waals surface area contributed by atoms with Crippen LogP contribution in [0.5, 0.6) is 5.75 Å². The molecule has 9 heteroatoms. The van der Waals surface area contributed by atoms with E-state index in [1.54, 1.807) is 31.4 Å². The molecule has 0 bridgehead atoms. The van der Waals surface area contributed by atoms with Crippen molar-refractivity contribution < 1.29 is 14.5 Å². The van der Waals surface area contributed by atoms with Gasteiger partial charge in [0.25, 0.3) is 0 Å². The fourth-order valence-corrected chi connectivity index (χ4v) is 2.66. The first-order chi connectivity index (χ1) is 11.6. The van der Waals surface area contributed by atoms with Gasteiger partial charge in [0.15, 0.2) is 11.5 Å². The van der Waals surface area contributed by atoms with Crippen molar-refractivity contribution in [2.24, 2.45) is 7.05 Å². The number of pyridine rings is 1. The summed E-state index contributed by atoms with van der Waals surface area (Å²) in [6.07, 6.45) is 3.06. The second-order valence-corrected chi connectivity index (χ2v) is 5.52. The van der Waals surface area contributed by atoms with Crippen molar-refractivity contribution in [3.05, 3.63) is 41.6 Å². The van der Waals surface area contributed by atoms with Crippen LogP contribution in [0.25, 0.3) is 33.3 Å². The molecule has 1 aromatic carbocycles. The zero-order chi connectivity index (χ0) is 16.8. The Morgan fingerprint density at radius 2 is 2.12 bits per heavy atom. The molecule has 0 saturated carbocycles. The van der Waals surface area contributed by atoms with E-state index in [9.17, 15) is 4.39 Å². The van der Waals surface area contributed by atoms with Gasteiger partial charge in [-0.2, -0.15) is 5.10 Å².